The van der Waals surface area contributed by atoms with Gasteiger partial charge < -0.3 is 10.6 Å². The van der Waals surface area contributed by atoms with Gasteiger partial charge in [0.2, 0.25) is 11.8 Å². The largest absolute Gasteiger partial charge is 0.366 e. The van der Waals surface area contributed by atoms with E-state index in [-0.39, 0.29) is 5.91 Å². The smallest absolute Gasteiger partial charge is 0.247 e. The van der Waals surface area contributed by atoms with Crippen LogP contribution in [0.15, 0.2) is 23.7 Å². The molecule has 0 spiro atoms. The molecule has 6 heteroatoms. The van der Waals surface area contributed by atoms with Crippen LogP contribution in [-0.4, -0.2) is 28.2 Å². The van der Waals surface area contributed by atoms with Crippen molar-refractivity contribution in [2.45, 2.75) is 13.5 Å². The molecule has 0 aromatic carbocycles. The maximum absolute atomic E-state index is 11.6. The molecule has 5 nitrogen and oxygen atoms in total. The zero-order valence-electron chi connectivity index (χ0n) is 8.92. The number of carbonyl (C=O) groups excluding carboxylic acids is 2. The second-order valence-electron chi connectivity index (χ2n) is 3.01. The topological polar surface area (TPSA) is 76.3 Å². The van der Waals surface area contributed by atoms with Crippen LogP contribution in [0.3, 0.4) is 0 Å². The standard InChI is InChI=1S/C10H13N3O2S/c1-2-13(7-9-12-5-6-16-9)10(15)4-3-8(11)14/h3-6H,2,7H2,1H3,(H2,11,14)/b4-3+. The van der Waals surface area contributed by atoms with Gasteiger partial charge in [-0.1, -0.05) is 0 Å². The van der Waals surface area contributed by atoms with Crippen molar-refractivity contribution < 1.29 is 9.59 Å². The molecule has 2 N–H and O–H groups in total. The Kier molecular flexibility index (Phi) is 4.65. The normalized spacial score (nSPS) is 10.6. The number of nitrogens with zero attached hydrogens (tertiary/aromatic N) is 2. The molecule has 1 aromatic heterocycles. The summed E-state index contributed by atoms with van der Waals surface area (Å²) >= 11 is 1.49. The Balaban J connectivity index is 2.60. The molecule has 1 rings (SSSR count). The number of thiazole rings is 1. The third kappa shape index (κ3) is 3.82. The average Bonchev–Trinajstić information content (AvgIpc) is 2.75. The van der Waals surface area contributed by atoms with Crippen molar-refractivity contribution >= 4 is 23.2 Å². The second kappa shape index (κ2) is 6.02. The van der Waals surface area contributed by atoms with Gasteiger partial charge in [0.05, 0.1) is 6.54 Å². The molecule has 0 fully saturated rings. The minimum atomic E-state index is -0.626. The summed E-state index contributed by atoms with van der Waals surface area (Å²) in [6.45, 7) is 2.88. The summed E-state index contributed by atoms with van der Waals surface area (Å²) in [6.07, 6.45) is 3.93. The maximum atomic E-state index is 11.6. The Morgan fingerprint density at radius 3 is 2.81 bits per heavy atom. The molecule has 1 aromatic rings. The first kappa shape index (κ1) is 12.4. The van der Waals surface area contributed by atoms with Crippen molar-refractivity contribution in [1.82, 2.24) is 9.88 Å². The summed E-state index contributed by atoms with van der Waals surface area (Å²) in [5.74, 6) is -0.866. The second-order valence-corrected chi connectivity index (χ2v) is 3.99. The van der Waals surface area contributed by atoms with Gasteiger partial charge in [-0.25, -0.2) is 4.98 Å². The third-order valence-corrected chi connectivity index (χ3v) is 2.66. The lowest BCUT2D eigenvalue weighted by molar-refractivity contribution is -0.126. The number of primary amides is 1. The lowest BCUT2D eigenvalue weighted by Gasteiger charge is -2.17. The first-order valence-corrected chi connectivity index (χ1v) is 5.66. The molecule has 86 valence electrons. The van der Waals surface area contributed by atoms with E-state index in [2.05, 4.69) is 4.98 Å². The van der Waals surface area contributed by atoms with E-state index in [9.17, 15) is 9.59 Å². The Labute approximate surface area is 97.6 Å². The van der Waals surface area contributed by atoms with Crippen molar-refractivity contribution in [2.75, 3.05) is 6.54 Å². The maximum Gasteiger partial charge on any atom is 0.247 e. The molecular formula is C10H13N3O2S. The predicted molar refractivity (Wildman–Crippen MR) is 61.5 cm³/mol. The lowest BCUT2D eigenvalue weighted by Crippen LogP contribution is -2.28. The minimum absolute atomic E-state index is 0.239. The average molecular weight is 239 g/mol. The highest BCUT2D eigenvalue weighted by Crippen LogP contribution is 2.08. The van der Waals surface area contributed by atoms with Crippen LogP contribution in [0.4, 0.5) is 0 Å². The van der Waals surface area contributed by atoms with Crippen LogP contribution >= 0.6 is 11.3 Å². The number of rotatable bonds is 5. The van der Waals surface area contributed by atoms with E-state index in [1.807, 2.05) is 12.3 Å². The predicted octanol–water partition coefficient (Wildman–Crippen LogP) is 0.533. The van der Waals surface area contributed by atoms with Gasteiger partial charge in [-0.2, -0.15) is 0 Å². The monoisotopic (exact) mass is 239 g/mol. The van der Waals surface area contributed by atoms with Crippen LogP contribution in [0.5, 0.6) is 0 Å². The van der Waals surface area contributed by atoms with Crippen LogP contribution in [0.1, 0.15) is 11.9 Å². The fraction of sp³-hybridized carbons (Fsp3) is 0.300. The number of hydrogen-bond acceptors (Lipinski definition) is 4. The Morgan fingerprint density at radius 2 is 2.31 bits per heavy atom. The molecular weight excluding hydrogens is 226 g/mol. The van der Waals surface area contributed by atoms with Gasteiger partial charge >= 0.3 is 0 Å². The van der Waals surface area contributed by atoms with Crippen LogP contribution in [0.2, 0.25) is 0 Å². The molecule has 1 heterocycles. The highest BCUT2D eigenvalue weighted by atomic mass is 32.1. The molecule has 0 bridgehead atoms. The zero-order valence-corrected chi connectivity index (χ0v) is 9.74. The Morgan fingerprint density at radius 1 is 1.56 bits per heavy atom. The van der Waals surface area contributed by atoms with Gasteiger partial charge in [-0.3, -0.25) is 9.59 Å². The molecule has 0 aliphatic heterocycles. The molecule has 0 saturated heterocycles. The molecule has 0 atom stereocenters. The quantitative estimate of drug-likeness (QED) is 0.762. The van der Waals surface area contributed by atoms with E-state index in [0.717, 1.165) is 11.1 Å². The Hall–Kier alpha value is -1.69. The van der Waals surface area contributed by atoms with Crippen molar-refractivity contribution in [3.05, 3.63) is 28.7 Å². The number of nitrogens with two attached hydrogens (primary N) is 1. The van der Waals surface area contributed by atoms with Crippen molar-refractivity contribution in [3.8, 4) is 0 Å². The van der Waals surface area contributed by atoms with Crippen LogP contribution < -0.4 is 5.73 Å². The summed E-state index contributed by atoms with van der Waals surface area (Å²) in [6, 6.07) is 0. The van der Waals surface area contributed by atoms with E-state index >= 15 is 0 Å². The molecule has 0 aliphatic carbocycles. The summed E-state index contributed by atoms with van der Waals surface area (Å²) in [5, 5.41) is 2.72. The third-order valence-electron chi connectivity index (χ3n) is 1.89. The highest BCUT2D eigenvalue weighted by molar-refractivity contribution is 7.09. The van der Waals surface area contributed by atoms with Gasteiger partial charge in [0.1, 0.15) is 5.01 Å². The van der Waals surface area contributed by atoms with Crippen LogP contribution in [0, 0.1) is 0 Å². The fourth-order valence-electron chi connectivity index (χ4n) is 1.10. The molecule has 2 amide bonds. The van der Waals surface area contributed by atoms with Crippen molar-refractivity contribution in [3.63, 3.8) is 0 Å². The van der Waals surface area contributed by atoms with E-state index in [1.165, 1.54) is 17.4 Å². The first-order valence-electron chi connectivity index (χ1n) is 4.78. The zero-order chi connectivity index (χ0) is 12.0. The van der Waals surface area contributed by atoms with Gasteiger partial charge in [-0.15, -0.1) is 11.3 Å². The van der Waals surface area contributed by atoms with E-state index in [0.29, 0.717) is 13.1 Å². The number of aromatic nitrogens is 1. The fourth-order valence-corrected chi connectivity index (χ4v) is 1.73. The lowest BCUT2D eigenvalue weighted by atomic mass is 10.4. The minimum Gasteiger partial charge on any atom is -0.366 e. The van der Waals surface area contributed by atoms with Gasteiger partial charge in [-0.05, 0) is 6.92 Å². The van der Waals surface area contributed by atoms with Crippen molar-refractivity contribution in [2.24, 2.45) is 5.73 Å². The number of amides is 2. The van der Waals surface area contributed by atoms with Crippen LogP contribution in [0.25, 0.3) is 0 Å². The van der Waals surface area contributed by atoms with E-state index in [4.69, 9.17) is 5.73 Å². The number of hydrogen-bond donors (Lipinski definition) is 1. The molecule has 0 saturated carbocycles. The summed E-state index contributed by atoms with van der Waals surface area (Å²) < 4.78 is 0. The number of likely N-dealkylation sites (N-methyl/N-ethyl adjacent to an activating group) is 1. The summed E-state index contributed by atoms with van der Waals surface area (Å²) in [5.41, 5.74) is 4.91. The molecule has 0 radical (unpaired) electrons. The van der Waals surface area contributed by atoms with Gasteiger partial charge in [0.25, 0.3) is 0 Å². The van der Waals surface area contributed by atoms with E-state index < -0.39 is 5.91 Å². The Bertz CT molecular complexity index is 387. The van der Waals surface area contributed by atoms with E-state index in [1.54, 1.807) is 11.1 Å². The first-order chi connectivity index (χ1) is 7.63. The van der Waals surface area contributed by atoms with Gasteiger partial charge in [0.15, 0.2) is 0 Å². The highest BCUT2D eigenvalue weighted by Gasteiger charge is 2.10. The molecule has 0 aliphatic rings. The SMILES string of the molecule is CCN(Cc1nccs1)C(=O)/C=C/C(N)=O. The van der Waals surface area contributed by atoms with Gasteiger partial charge in [0, 0.05) is 30.3 Å². The summed E-state index contributed by atoms with van der Waals surface area (Å²) in [4.78, 5) is 27.8. The summed E-state index contributed by atoms with van der Waals surface area (Å²) in [7, 11) is 0. The number of carbonyl (C=O) groups is 2. The van der Waals surface area contributed by atoms with Crippen LogP contribution in [-0.2, 0) is 16.1 Å². The molecule has 16 heavy (non-hydrogen) atoms. The molecule has 0 unspecified atom stereocenters. The van der Waals surface area contributed by atoms with Crippen molar-refractivity contribution in [1.29, 1.82) is 0 Å².